The average molecular weight is 323 g/mol. The van der Waals surface area contributed by atoms with Gasteiger partial charge in [0.05, 0.1) is 17.5 Å². The smallest absolute Gasteiger partial charge is 0.262 e. The zero-order valence-electron chi connectivity index (χ0n) is 14.1. The fourth-order valence-corrected chi connectivity index (χ4v) is 2.60. The molecule has 3 rings (SSSR count). The number of aromatic amines is 1. The molecule has 0 saturated carbocycles. The zero-order chi connectivity index (χ0) is 17.3. The van der Waals surface area contributed by atoms with Crippen LogP contribution in [-0.2, 0) is 5.54 Å². The Morgan fingerprint density at radius 1 is 1.25 bits per heavy atom. The van der Waals surface area contributed by atoms with Gasteiger partial charge in [0.25, 0.3) is 5.56 Å². The van der Waals surface area contributed by atoms with Crippen molar-refractivity contribution in [2.75, 3.05) is 11.9 Å². The van der Waals surface area contributed by atoms with E-state index in [1.807, 2.05) is 51.1 Å². The molecule has 6 nitrogen and oxygen atoms in total. The quantitative estimate of drug-likeness (QED) is 0.686. The molecule has 1 aromatic carbocycles. The van der Waals surface area contributed by atoms with Crippen LogP contribution in [0.2, 0.25) is 0 Å². The average Bonchev–Trinajstić information content (AvgIpc) is 2.54. The van der Waals surface area contributed by atoms with E-state index in [0.29, 0.717) is 23.3 Å². The molecule has 0 fully saturated rings. The van der Waals surface area contributed by atoms with Gasteiger partial charge < -0.3 is 16.0 Å². The summed E-state index contributed by atoms with van der Waals surface area (Å²) >= 11 is 0. The van der Waals surface area contributed by atoms with Gasteiger partial charge in [-0.2, -0.15) is 0 Å². The Labute approximate surface area is 140 Å². The van der Waals surface area contributed by atoms with Crippen molar-refractivity contribution in [1.29, 1.82) is 0 Å². The Kier molecular flexibility index (Phi) is 4.07. The van der Waals surface area contributed by atoms with E-state index in [2.05, 4.69) is 20.3 Å². The fraction of sp³-hybridized carbons (Fsp3) is 0.278. The number of benzene rings is 1. The van der Waals surface area contributed by atoms with Gasteiger partial charge in [-0.3, -0.25) is 4.79 Å². The number of aromatic nitrogens is 3. The number of hydrogen-bond donors (Lipinski definition) is 3. The highest BCUT2D eigenvalue weighted by Crippen LogP contribution is 2.26. The van der Waals surface area contributed by atoms with Gasteiger partial charge in [-0.1, -0.05) is 24.3 Å². The molecule has 0 spiro atoms. The molecule has 0 bridgehead atoms. The van der Waals surface area contributed by atoms with Crippen LogP contribution in [0, 0.1) is 0 Å². The second-order valence-electron chi connectivity index (χ2n) is 6.31. The highest BCUT2D eigenvalue weighted by molar-refractivity contribution is 5.91. The summed E-state index contributed by atoms with van der Waals surface area (Å²) < 4.78 is 0. The van der Waals surface area contributed by atoms with E-state index in [1.165, 1.54) is 6.33 Å². The molecule has 0 radical (unpaired) electrons. The van der Waals surface area contributed by atoms with Crippen LogP contribution >= 0.6 is 0 Å². The molecular weight excluding hydrogens is 302 g/mol. The molecule has 124 valence electrons. The van der Waals surface area contributed by atoms with Gasteiger partial charge >= 0.3 is 0 Å². The van der Waals surface area contributed by atoms with Crippen molar-refractivity contribution in [1.82, 2.24) is 15.0 Å². The highest BCUT2D eigenvalue weighted by atomic mass is 16.1. The van der Waals surface area contributed by atoms with Crippen LogP contribution in [0.3, 0.4) is 0 Å². The lowest BCUT2D eigenvalue weighted by atomic mass is 9.94. The molecule has 0 amide bonds. The largest absolute Gasteiger partial charge is 0.370 e. The topological polar surface area (TPSA) is 96.7 Å². The normalized spacial score (nSPS) is 11.7. The van der Waals surface area contributed by atoms with Gasteiger partial charge in [-0.25, -0.2) is 9.97 Å². The molecule has 0 saturated heterocycles. The minimum Gasteiger partial charge on any atom is -0.370 e. The highest BCUT2D eigenvalue weighted by Gasteiger charge is 2.15. The van der Waals surface area contributed by atoms with Crippen molar-refractivity contribution in [3.05, 3.63) is 52.6 Å². The SMILES string of the molecule is CCNc1nc(-c2ccc(C(C)(C)N)cc2)cc2nc[nH]c(=O)c12. The Hall–Kier alpha value is -2.73. The Morgan fingerprint density at radius 3 is 2.58 bits per heavy atom. The Bertz CT molecular complexity index is 923. The first-order valence-electron chi connectivity index (χ1n) is 7.92. The molecule has 0 aliphatic rings. The third-order valence-corrected chi connectivity index (χ3v) is 3.89. The van der Waals surface area contributed by atoms with E-state index in [0.717, 1.165) is 16.8 Å². The number of H-pyrrole nitrogens is 1. The summed E-state index contributed by atoms with van der Waals surface area (Å²) in [5, 5.41) is 3.62. The van der Waals surface area contributed by atoms with E-state index in [-0.39, 0.29) is 11.1 Å². The predicted molar refractivity (Wildman–Crippen MR) is 97.0 cm³/mol. The summed E-state index contributed by atoms with van der Waals surface area (Å²) in [4.78, 5) is 23.6. The molecule has 24 heavy (non-hydrogen) atoms. The predicted octanol–water partition coefficient (Wildman–Crippen LogP) is 2.61. The minimum atomic E-state index is -0.390. The van der Waals surface area contributed by atoms with Crippen LogP contribution < -0.4 is 16.6 Å². The molecule has 0 atom stereocenters. The van der Waals surface area contributed by atoms with Crippen LogP contribution in [0.1, 0.15) is 26.3 Å². The summed E-state index contributed by atoms with van der Waals surface area (Å²) in [5.41, 5.74) is 8.91. The summed E-state index contributed by atoms with van der Waals surface area (Å²) in [7, 11) is 0. The molecule has 0 unspecified atom stereocenters. The van der Waals surface area contributed by atoms with Crippen molar-refractivity contribution in [2.24, 2.45) is 5.73 Å². The Balaban J connectivity index is 2.15. The van der Waals surface area contributed by atoms with Crippen LogP contribution in [0.4, 0.5) is 5.82 Å². The number of fused-ring (bicyclic) bond motifs is 1. The summed E-state index contributed by atoms with van der Waals surface area (Å²) in [6.45, 7) is 6.56. The molecular formula is C18H21N5O. The third-order valence-electron chi connectivity index (χ3n) is 3.89. The number of nitrogens with one attached hydrogen (secondary N) is 2. The van der Waals surface area contributed by atoms with Crippen LogP contribution in [0.15, 0.2) is 41.5 Å². The molecule has 3 aromatic rings. The minimum absolute atomic E-state index is 0.199. The van der Waals surface area contributed by atoms with E-state index in [1.54, 1.807) is 0 Å². The molecule has 0 aliphatic carbocycles. The van der Waals surface area contributed by atoms with E-state index >= 15 is 0 Å². The maximum Gasteiger partial charge on any atom is 0.262 e. The van der Waals surface area contributed by atoms with Gasteiger partial charge in [-0.05, 0) is 32.4 Å². The molecule has 0 aliphatic heterocycles. The lowest BCUT2D eigenvalue weighted by molar-refractivity contribution is 0.554. The summed E-state index contributed by atoms with van der Waals surface area (Å²) in [5.74, 6) is 0.544. The summed E-state index contributed by atoms with van der Waals surface area (Å²) in [6.07, 6.45) is 1.41. The number of hydrogen-bond acceptors (Lipinski definition) is 5. The van der Waals surface area contributed by atoms with Crippen molar-refractivity contribution in [3.63, 3.8) is 0 Å². The monoisotopic (exact) mass is 323 g/mol. The lowest BCUT2D eigenvalue weighted by Gasteiger charge is -2.19. The Morgan fingerprint density at radius 2 is 1.96 bits per heavy atom. The van der Waals surface area contributed by atoms with E-state index < -0.39 is 0 Å². The van der Waals surface area contributed by atoms with Gasteiger partial charge in [0, 0.05) is 17.6 Å². The number of rotatable bonds is 4. The summed E-state index contributed by atoms with van der Waals surface area (Å²) in [6, 6.07) is 9.80. The second kappa shape index (κ2) is 6.05. The van der Waals surface area contributed by atoms with Crippen LogP contribution in [0.5, 0.6) is 0 Å². The van der Waals surface area contributed by atoms with Gasteiger partial charge in [0.1, 0.15) is 11.2 Å². The first-order valence-corrected chi connectivity index (χ1v) is 7.92. The van der Waals surface area contributed by atoms with Crippen molar-refractivity contribution < 1.29 is 0 Å². The maximum absolute atomic E-state index is 12.1. The van der Waals surface area contributed by atoms with Crippen LogP contribution in [0.25, 0.3) is 22.2 Å². The number of nitrogens with two attached hydrogens (primary N) is 1. The number of anilines is 1. The third kappa shape index (κ3) is 3.00. The van der Waals surface area contributed by atoms with E-state index in [9.17, 15) is 4.79 Å². The first-order chi connectivity index (χ1) is 11.4. The second-order valence-corrected chi connectivity index (χ2v) is 6.31. The van der Waals surface area contributed by atoms with Gasteiger partial charge in [0.2, 0.25) is 0 Å². The molecule has 2 aromatic heterocycles. The zero-order valence-corrected chi connectivity index (χ0v) is 14.1. The maximum atomic E-state index is 12.1. The standard InChI is InChI=1S/C18H21N5O/c1-4-20-16-15-14(21-10-22-17(15)24)9-13(23-16)11-5-7-12(8-6-11)18(2,3)19/h5-10H,4,19H2,1-3H3,(H,20,23)(H,21,22,24). The first kappa shape index (κ1) is 16.1. The molecule has 2 heterocycles. The number of nitrogens with zero attached hydrogens (tertiary/aromatic N) is 2. The van der Waals surface area contributed by atoms with Crippen molar-refractivity contribution in [3.8, 4) is 11.3 Å². The van der Waals surface area contributed by atoms with Crippen LogP contribution in [-0.4, -0.2) is 21.5 Å². The van der Waals surface area contributed by atoms with Gasteiger partial charge in [-0.15, -0.1) is 0 Å². The lowest BCUT2D eigenvalue weighted by Crippen LogP contribution is -2.28. The molecule has 4 N–H and O–H groups in total. The van der Waals surface area contributed by atoms with Crippen molar-refractivity contribution >= 4 is 16.7 Å². The number of pyridine rings is 1. The van der Waals surface area contributed by atoms with E-state index in [4.69, 9.17) is 5.73 Å². The van der Waals surface area contributed by atoms with Crippen molar-refractivity contribution in [2.45, 2.75) is 26.3 Å². The molecule has 6 heteroatoms. The van der Waals surface area contributed by atoms with Gasteiger partial charge in [0.15, 0.2) is 0 Å². The fourth-order valence-electron chi connectivity index (χ4n) is 2.60.